The summed E-state index contributed by atoms with van der Waals surface area (Å²) >= 11 is 0. The van der Waals surface area contributed by atoms with E-state index in [0.717, 1.165) is 18.0 Å². The van der Waals surface area contributed by atoms with Crippen LogP contribution in [0.15, 0.2) is 18.2 Å². The quantitative estimate of drug-likeness (QED) is 0.757. The van der Waals surface area contributed by atoms with Crippen molar-refractivity contribution in [2.45, 2.75) is 13.0 Å². The van der Waals surface area contributed by atoms with E-state index in [2.05, 4.69) is 5.32 Å². The molecular weight excluding hydrogens is 270 g/mol. The van der Waals surface area contributed by atoms with Gasteiger partial charge >= 0.3 is 0 Å². The van der Waals surface area contributed by atoms with E-state index < -0.39 is 0 Å². The van der Waals surface area contributed by atoms with Gasteiger partial charge in [-0.1, -0.05) is 0 Å². The minimum atomic E-state index is -0.349. The summed E-state index contributed by atoms with van der Waals surface area (Å²) in [5.41, 5.74) is 1.14. The van der Waals surface area contributed by atoms with Gasteiger partial charge in [0.2, 0.25) is 0 Å². The Balaban J connectivity index is 1.93. The summed E-state index contributed by atoms with van der Waals surface area (Å²) in [6.07, 6.45) is 0. The minimum absolute atomic E-state index is 0.0957. The number of benzene rings is 1. The zero-order valence-electron chi connectivity index (χ0n) is 12.0. The highest BCUT2D eigenvalue weighted by atomic mass is 16.2. The van der Waals surface area contributed by atoms with Crippen LogP contribution in [-0.2, 0) is 0 Å². The normalized spacial score (nSPS) is 21.7. The van der Waals surface area contributed by atoms with Crippen molar-refractivity contribution >= 4 is 17.7 Å². The molecule has 1 fully saturated rings. The average molecular weight is 287 g/mol. The third-order valence-electron chi connectivity index (χ3n) is 4.10. The van der Waals surface area contributed by atoms with E-state index in [-0.39, 0.29) is 23.8 Å². The topological polar surface area (TPSA) is 69.7 Å². The highest BCUT2D eigenvalue weighted by Crippen LogP contribution is 2.23. The van der Waals surface area contributed by atoms with Crippen LogP contribution in [0.5, 0.6) is 0 Å². The van der Waals surface area contributed by atoms with Gasteiger partial charge in [0.15, 0.2) is 0 Å². The third kappa shape index (κ3) is 2.12. The molecule has 0 aromatic heterocycles. The zero-order valence-corrected chi connectivity index (χ0v) is 12.0. The summed E-state index contributed by atoms with van der Waals surface area (Å²) < 4.78 is 0. The van der Waals surface area contributed by atoms with Crippen LogP contribution in [0.2, 0.25) is 0 Å². The fraction of sp³-hybridized carbons (Fsp3) is 0.400. The van der Waals surface area contributed by atoms with Crippen molar-refractivity contribution in [1.82, 2.24) is 15.1 Å². The number of nitrogens with one attached hydrogen (secondary N) is 1. The van der Waals surface area contributed by atoms with Crippen molar-refractivity contribution in [1.29, 1.82) is 0 Å². The molecule has 1 saturated heterocycles. The monoisotopic (exact) mass is 287 g/mol. The number of amides is 3. The van der Waals surface area contributed by atoms with Crippen molar-refractivity contribution in [3.05, 3.63) is 34.9 Å². The Kier molecular flexibility index (Phi) is 3.25. The smallest absolute Gasteiger partial charge is 0.261 e. The van der Waals surface area contributed by atoms with Crippen LogP contribution in [0, 0.1) is 0 Å². The van der Waals surface area contributed by atoms with Crippen molar-refractivity contribution in [3.8, 4) is 0 Å². The minimum Gasteiger partial charge on any atom is -0.333 e. The molecule has 1 aromatic carbocycles. The molecule has 6 heteroatoms. The van der Waals surface area contributed by atoms with Crippen LogP contribution in [0.25, 0.3) is 0 Å². The summed E-state index contributed by atoms with van der Waals surface area (Å²) in [4.78, 5) is 39.3. The number of nitrogens with zero attached hydrogens (tertiary/aromatic N) is 2. The maximum atomic E-state index is 12.6. The molecule has 1 unspecified atom stereocenters. The van der Waals surface area contributed by atoms with E-state index in [1.54, 1.807) is 17.0 Å². The van der Waals surface area contributed by atoms with Crippen LogP contribution in [0.4, 0.5) is 0 Å². The highest BCUT2D eigenvalue weighted by Gasteiger charge is 2.34. The number of fused-ring (bicyclic) bond motifs is 1. The van der Waals surface area contributed by atoms with E-state index >= 15 is 0 Å². The van der Waals surface area contributed by atoms with Gasteiger partial charge in [-0.25, -0.2) is 0 Å². The fourth-order valence-electron chi connectivity index (χ4n) is 2.80. The Labute approximate surface area is 122 Å². The molecule has 3 amide bonds. The lowest BCUT2D eigenvalue weighted by molar-refractivity contribution is 0.0654. The number of rotatable bonds is 1. The van der Waals surface area contributed by atoms with Gasteiger partial charge < -0.3 is 10.2 Å². The molecule has 0 aliphatic carbocycles. The van der Waals surface area contributed by atoms with Gasteiger partial charge in [0.25, 0.3) is 17.7 Å². The molecule has 0 saturated carbocycles. The van der Waals surface area contributed by atoms with Crippen molar-refractivity contribution in [2.24, 2.45) is 0 Å². The molecule has 0 radical (unpaired) electrons. The maximum Gasteiger partial charge on any atom is 0.261 e. The molecule has 1 aromatic rings. The second-order valence-electron chi connectivity index (χ2n) is 5.48. The second-order valence-corrected chi connectivity index (χ2v) is 5.48. The highest BCUT2D eigenvalue weighted by molar-refractivity contribution is 6.21. The summed E-state index contributed by atoms with van der Waals surface area (Å²) in [5.74, 6) is -0.760. The molecule has 21 heavy (non-hydrogen) atoms. The first-order valence-corrected chi connectivity index (χ1v) is 6.99. The molecule has 0 bridgehead atoms. The predicted molar refractivity (Wildman–Crippen MR) is 76.2 cm³/mol. The lowest BCUT2D eigenvalue weighted by Gasteiger charge is -2.34. The fourth-order valence-corrected chi connectivity index (χ4v) is 2.80. The first-order valence-electron chi connectivity index (χ1n) is 6.99. The summed E-state index contributed by atoms with van der Waals surface area (Å²) in [6, 6.07) is 4.84. The lowest BCUT2D eigenvalue weighted by Crippen LogP contribution is -2.52. The van der Waals surface area contributed by atoms with E-state index in [4.69, 9.17) is 0 Å². The van der Waals surface area contributed by atoms with Gasteiger partial charge in [-0.15, -0.1) is 0 Å². The van der Waals surface area contributed by atoms with Crippen LogP contribution in [-0.4, -0.2) is 60.2 Å². The second kappa shape index (κ2) is 4.96. The number of carbonyl (C=O) groups is 3. The van der Waals surface area contributed by atoms with Crippen LogP contribution < -0.4 is 5.32 Å². The van der Waals surface area contributed by atoms with E-state index in [9.17, 15) is 14.4 Å². The Bertz CT molecular complexity index is 641. The van der Waals surface area contributed by atoms with E-state index in [1.807, 2.05) is 6.92 Å². The largest absolute Gasteiger partial charge is 0.333 e. The van der Waals surface area contributed by atoms with Gasteiger partial charge in [-0.05, 0) is 25.1 Å². The zero-order chi connectivity index (χ0) is 15.1. The summed E-state index contributed by atoms with van der Waals surface area (Å²) in [7, 11) is 1.45. The van der Waals surface area contributed by atoms with Gasteiger partial charge in [-0.2, -0.15) is 0 Å². The molecule has 2 aliphatic heterocycles. The van der Waals surface area contributed by atoms with Crippen LogP contribution in [0.3, 0.4) is 0 Å². The predicted octanol–water partition coefficient (Wildman–Crippen LogP) is 0.346. The molecule has 1 N–H and O–H groups in total. The lowest BCUT2D eigenvalue weighted by atomic mass is 10.0. The number of hydrogen-bond acceptors (Lipinski definition) is 4. The van der Waals surface area contributed by atoms with Crippen molar-refractivity contribution < 1.29 is 14.4 Å². The van der Waals surface area contributed by atoms with E-state index in [0.29, 0.717) is 23.2 Å². The molecule has 2 aliphatic rings. The van der Waals surface area contributed by atoms with Gasteiger partial charge in [-0.3, -0.25) is 19.3 Å². The number of hydrogen-bond donors (Lipinski definition) is 1. The maximum absolute atomic E-state index is 12.6. The molecule has 2 heterocycles. The third-order valence-corrected chi connectivity index (χ3v) is 4.10. The van der Waals surface area contributed by atoms with Crippen molar-refractivity contribution in [2.75, 3.05) is 26.7 Å². The van der Waals surface area contributed by atoms with Gasteiger partial charge in [0.1, 0.15) is 0 Å². The molecule has 6 nitrogen and oxygen atoms in total. The van der Waals surface area contributed by atoms with E-state index in [1.165, 1.54) is 13.1 Å². The molecule has 3 rings (SSSR count). The number of piperazine rings is 1. The van der Waals surface area contributed by atoms with Crippen LogP contribution in [0.1, 0.15) is 38.0 Å². The Hall–Kier alpha value is -2.21. The Morgan fingerprint density at radius 2 is 1.95 bits per heavy atom. The first kappa shape index (κ1) is 13.8. The molecular formula is C15H17N3O3. The Morgan fingerprint density at radius 3 is 2.67 bits per heavy atom. The average Bonchev–Trinajstić information content (AvgIpc) is 2.71. The molecule has 110 valence electrons. The summed E-state index contributed by atoms with van der Waals surface area (Å²) in [5, 5.41) is 3.23. The number of carbonyl (C=O) groups excluding carboxylic acids is 3. The van der Waals surface area contributed by atoms with Crippen molar-refractivity contribution in [3.63, 3.8) is 0 Å². The molecule has 1 atom stereocenters. The SMILES string of the molecule is CC1CNCCN1C(=O)c1ccc2c(c1)C(=O)N(C)C2=O. The van der Waals surface area contributed by atoms with Crippen LogP contribution >= 0.6 is 0 Å². The molecule has 0 spiro atoms. The first-order chi connectivity index (χ1) is 10.0. The standard InChI is InChI=1S/C15H17N3O3/c1-9-8-16-5-6-18(9)13(19)10-3-4-11-12(7-10)15(21)17(2)14(11)20/h3-4,7,9,16H,5-6,8H2,1-2H3. The van der Waals surface area contributed by atoms with Gasteiger partial charge in [0.05, 0.1) is 11.1 Å². The van der Waals surface area contributed by atoms with Gasteiger partial charge in [0, 0.05) is 38.3 Å². The Morgan fingerprint density at radius 1 is 1.24 bits per heavy atom. The number of imide groups is 1. The summed E-state index contributed by atoms with van der Waals surface area (Å²) in [6.45, 7) is 4.15.